The number of hydrogen-bond acceptors (Lipinski definition) is 6. The molecule has 0 radical (unpaired) electrons. The Morgan fingerprint density at radius 1 is 1.13 bits per heavy atom. The number of anilines is 1. The van der Waals surface area contributed by atoms with Crippen molar-refractivity contribution in [3.63, 3.8) is 0 Å². The summed E-state index contributed by atoms with van der Waals surface area (Å²) < 4.78 is 11.0. The van der Waals surface area contributed by atoms with Crippen LogP contribution in [0.4, 0.5) is 5.69 Å². The monoisotopic (exact) mass is 439 g/mol. The normalized spacial score (nSPS) is 10.7. The quantitative estimate of drug-likeness (QED) is 0.386. The molecule has 0 aliphatic heterocycles. The average Bonchev–Trinajstić information content (AvgIpc) is 3.45. The van der Waals surface area contributed by atoms with Gasteiger partial charge in [0.15, 0.2) is 0 Å². The van der Waals surface area contributed by atoms with Crippen molar-refractivity contribution in [3.8, 4) is 17.1 Å². The van der Waals surface area contributed by atoms with Crippen molar-refractivity contribution in [1.82, 2.24) is 10.1 Å². The molecule has 2 heterocycles. The highest BCUT2D eigenvalue weighted by Gasteiger charge is 2.11. The molecule has 0 saturated heterocycles. The first-order chi connectivity index (χ1) is 14.7. The van der Waals surface area contributed by atoms with E-state index in [0.717, 1.165) is 11.1 Å². The lowest BCUT2D eigenvalue weighted by Gasteiger charge is -2.09. The van der Waals surface area contributed by atoms with E-state index in [2.05, 4.69) is 15.5 Å². The van der Waals surface area contributed by atoms with Gasteiger partial charge in [0.05, 0.1) is 0 Å². The van der Waals surface area contributed by atoms with Gasteiger partial charge in [-0.05, 0) is 41.8 Å². The van der Waals surface area contributed by atoms with Gasteiger partial charge in [-0.15, -0.1) is 0 Å². The molecule has 2 aromatic heterocycles. The summed E-state index contributed by atoms with van der Waals surface area (Å²) in [6, 6.07) is 16.7. The van der Waals surface area contributed by atoms with Crippen LogP contribution in [0.3, 0.4) is 0 Å². The fraction of sp³-hybridized carbons (Fsp3) is 0.136. The van der Waals surface area contributed by atoms with Crippen LogP contribution >= 0.6 is 22.9 Å². The molecule has 4 rings (SSSR count). The Hall–Kier alpha value is -3.16. The van der Waals surface area contributed by atoms with E-state index in [1.807, 2.05) is 41.1 Å². The van der Waals surface area contributed by atoms with Crippen LogP contribution in [0, 0.1) is 0 Å². The zero-order chi connectivity index (χ0) is 20.8. The van der Waals surface area contributed by atoms with E-state index in [4.69, 9.17) is 20.9 Å². The molecule has 152 valence electrons. The van der Waals surface area contributed by atoms with Gasteiger partial charge in [0, 0.05) is 40.1 Å². The summed E-state index contributed by atoms with van der Waals surface area (Å²) in [7, 11) is 0. The Bertz CT molecular complexity index is 1110. The summed E-state index contributed by atoms with van der Waals surface area (Å²) >= 11 is 7.70. The van der Waals surface area contributed by atoms with E-state index < -0.39 is 0 Å². The molecular formula is C22H18ClN3O3S. The largest absolute Gasteiger partial charge is 0.489 e. The number of benzene rings is 2. The molecule has 1 amide bonds. The molecule has 1 N–H and O–H groups in total. The molecule has 0 saturated carbocycles. The summed E-state index contributed by atoms with van der Waals surface area (Å²) in [6.45, 7) is 0.378. The molecule has 0 aliphatic rings. The number of ether oxygens (including phenoxy) is 1. The summed E-state index contributed by atoms with van der Waals surface area (Å²) in [5.74, 6) is 1.54. The van der Waals surface area contributed by atoms with Crippen LogP contribution in [0.5, 0.6) is 5.75 Å². The van der Waals surface area contributed by atoms with Gasteiger partial charge in [0.25, 0.3) is 0 Å². The second-order valence-electron chi connectivity index (χ2n) is 6.48. The van der Waals surface area contributed by atoms with Gasteiger partial charge in [0.2, 0.25) is 17.6 Å². The van der Waals surface area contributed by atoms with Gasteiger partial charge >= 0.3 is 0 Å². The predicted molar refractivity (Wildman–Crippen MR) is 117 cm³/mol. The third-order valence-corrected chi connectivity index (χ3v) is 5.36. The van der Waals surface area contributed by atoms with E-state index in [1.165, 1.54) is 0 Å². The van der Waals surface area contributed by atoms with Crippen LogP contribution in [0.1, 0.15) is 17.9 Å². The number of amides is 1. The number of rotatable bonds is 8. The second kappa shape index (κ2) is 9.56. The molecule has 0 fully saturated rings. The number of aryl methyl sites for hydroxylation is 1. The van der Waals surface area contributed by atoms with Crippen molar-refractivity contribution < 1.29 is 14.1 Å². The van der Waals surface area contributed by atoms with Crippen molar-refractivity contribution in [3.05, 3.63) is 81.8 Å². The highest BCUT2D eigenvalue weighted by molar-refractivity contribution is 7.08. The van der Waals surface area contributed by atoms with Crippen LogP contribution in [0.25, 0.3) is 11.4 Å². The lowest BCUT2D eigenvalue weighted by Crippen LogP contribution is -2.12. The van der Waals surface area contributed by atoms with Crippen LogP contribution in [-0.2, 0) is 17.8 Å². The Balaban J connectivity index is 1.25. The topological polar surface area (TPSA) is 77.2 Å². The summed E-state index contributed by atoms with van der Waals surface area (Å²) in [6.07, 6.45) is 0.623. The van der Waals surface area contributed by atoms with Gasteiger partial charge in [-0.1, -0.05) is 35.0 Å². The fourth-order valence-corrected chi connectivity index (χ4v) is 3.54. The summed E-state index contributed by atoms with van der Waals surface area (Å²) in [4.78, 5) is 16.5. The molecule has 0 aliphatic carbocycles. The minimum Gasteiger partial charge on any atom is -0.489 e. The zero-order valence-electron chi connectivity index (χ0n) is 15.9. The molecule has 0 atom stereocenters. The maximum absolute atomic E-state index is 12.2. The number of halogens is 1. The van der Waals surface area contributed by atoms with Crippen LogP contribution in [0.15, 0.2) is 69.9 Å². The van der Waals surface area contributed by atoms with Crippen molar-refractivity contribution in [2.24, 2.45) is 0 Å². The number of aromatic nitrogens is 2. The van der Waals surface area contributed by atoms with Crippen molar-refractivity contribution in [1.29, 1.82) is 0 Å². The number of hydrogen-bond donors (Lipinski definition) is 1. The van der Waals surface area contributed by atoms with Crippen molar-refractivity contribution in [2.75, 3.05) is 5.32 Å². The van der Waals surface area contributed by atoms with E-state index in [9.17, 15) is 4.79 Å². The maximum atomic E-state index is 12.2. The third-order valence-electron chi connectivity index (χ3n) is 4.30. The Kier molecular flexibility index (Phi) is 6.41. The van der Waals surface area contributed by atoms with Crippen LogP contribution in [0.2, 0.25) is 5.02 Å². The summed E-state index contributed by atoms with van der Waals surface area (Å²) in [5, 5.41) is 11.4. The van der Waals surface area contributed by atoms with Gasteiger partial charge in [-0.25, -0.2) is 0 Å². The predicted octanol–water partition coefficient (Wildman–Crippen LogP) is 5.60. The molecule has 2 aromatic carbocycles. The number of nitrogens with one attached hydrogen (secondary N) is 1. The minimum absolute atomic E-state index is 0.130. The van der Waals surface area contributed by atoms with E-state index in [0.29, 0.717) is 41.2 Å². The Labute approximate surface area is 182 Å². The second-order valence-corrected chi connectivity index (χ2v) is 7.66. The zero-order valence-corrected chi connectivity index (χ0v) is 17.4. The van der Waals surface area contributed by atoms with Crippen LogP contribution in [-0.4, -0.2) is 16.0 Å². The van der Waals surface area contributed by atoms with Gasteiger partial charge in [0.1, 0.15) is 12.4 Å². The first kappa shape index (κ1) is 20.1. The number of nitrogens with zero attached hydrogens (tertiary/aromatic N) is 2. The van der Waals surface area contributed by atoms with E-state index in [-0.39, 0.29) is 12.3 Å². The van der Waals surface area contributed by atoms with Crippen LogP contribution < -0.4 is 10.1 Å². The Morgan fingerprint density at radius 3 is 2.73 bits per heavy atom. The number of carbonyl (C=O) groups is 1. The number of carbonyl (C=O) groups excluding carboxylic acids is 1. The first-order valence-corrected chi connectivity index (χ1v) is 10.6. The lowest BCUT2D eigenvalue weighted by atomic mass is 10.2. The highest BCUT2D eigenvalue weighted by atomic mass is 35.5. The molecule has 0 bridgehead atoms. The van der Waals surface area contributed by atoms with E-state index in [1.54, 1.807) is 35.6 Å². The van der Waals surface area contributed by atoms with Crippen molar-refractivity contribution in [2.45, 2.75) is 19.4 Å². The highest BCUT2D eigenvalue weighted by Crippen LogP contribution is 2.21. The average molecular weight is 440 g/mol. The molecule has 0 unspecified atom stereocenters. The SMILES string of the molecule is O=C(CCc1nc(-c2ccsc2)no1)Nc1ccc(OCc2ccccc2Cl)cc1. The first-order valence-electron chi connectivity index (χ1n) is 9.28. The maximum Gasteiger partial charge on any atom is 0.227 e. The third kappa shape index (κ3) is 5.25. The van der Waals surface area contributed by atoms with Gasteiger partial charge < -0.3 is 14.6 Å². The fourth-order valence-electron chi connectivity index (χ4n) is 2.72. The van der Waals surface area contributed by atoms with Gasteiger partial charge in [-0.3, -0.25) is 4.79 Å². The lowest BCUT2D eigenvalue weighted by molar-refractivity contribution is -0.116. The summed E-state index contributed by atoms with van der Waals surface area (Å²) in [5.41, 5.74) is 2.52. The molecule has 6 nitrogen and oxygen atoms in total. The molecular weight excluding hydrogens is 422 g/mol. The minimum atomic E-state index is -0.130. The molecule has 8 heteroatoms. The number of thiophene rings is 1. The molecule has 0 spiro atoms. The smallest absolute Gasteiger partial charge is 0.227 e. The van der Waals surface area contributed by atoms with Crippen molar-refractivity contribution >= 4 is 34.5 Å². The molecule has 4 aromatic rings. The van der Waals surface area contributed by atoms with E-state index >= 15 is 0 Å². The molecule has 30 heavy (non-hydrogen) atoms. The standard InChI is InChI=1S/C22H18ClN3O3S/c23-19-4-2-1-3-15(19)13-28-18-7-5-17(6-8-18)24-20(27)9-10-21-25-22(26-29-21)16-11-12-30-14-16/h1-8,11-12,14H,9-10,13H2,(H,24,27). The van der Waals surface area contributed by atoms with Gasteiger partial charge in [-0.2, -0.15) is 16.3 Å². The Morgan fingerprint density at radius 2 is 1.97 bits per heavy atom.